The van der Waals surface area contributed by atoms with Crippen molar-refractivity contribution in [1.82, 2.24) is 5.32 Å². The predicted molar refractivity (Wildman–Crippen MR) is 61.2 cm³/mol. The van der Waals surface area contributed by atoms with E-state index >= 15 is 0 Å². The zero-order valence-electron chi connectivity index (χ0n) is 9.37. The third kappa shape index (κ3) is 4.06. The van der Waals surface area contributed by atoms with Gasteiger partial charge in [-0.2, -0.15) is 0 Å². The van der Waals surface area contributed by atoms with Crippen LogP contribution < -0.4 is 11.1 Å². The number of benzene rings is 1. The second kappa shape index (κ2) is 5.79. The molecule has 1 aromatic carbocycles. The Balaban J connectivity index is 2.61. The fourth-order valence-electron chi connectivity index (χ4n) is 1.23. The average Bonchev–Trinajstić information content (AvgIpc) is 2.28. The van der Waals surface area contributed by atoms with E-state index in [0.717, 1.165) is 6.20 Å². The Morgan fingerprint density at radius 2 is 1.94 bits per heavy atom. The number of nitrogens with one attached hydrogen (secondary N) is 1. The Morgan fingerprint density at radius 3 is 2.41 bits per heavy atom. The number of amides is 1. The van der Waals surface area contributed by atoms with Gasteiger partial charge in [-0.1, -0.05) is 12.1 Å². The largest absolute Gasteiger partial charge is 0.403 e. The van der Waals surface area contributed by atoms with Crippen molar-refractivity contribution < 1.29 is 14.0 Å². The topological polar surface area (TPSA) is 72.2 Å². The van der Waals surface area contributed by atoms with E-state index < -0.39 is 0 Å². The molecule has 0 saturated heterocycles. The monoisotopic (exact) mass is 236 g/mol. The molecule has 1 aromatic rings. The number of carbonyl (C=O) groups excluding carboxylic acids is 2. The van der Waals surface area contributed by atoms with E-state index in [-0.39, 0.29) is 29.6 Å². The molecule has 3 N–H and O–H groups in total. The van der Waals surface area contributed by atoms with E-state index in [4.69, 9.17) is 5.73 Å². The Kier molecular flexibility index (Phi) is 4.39. The molecule has 0 heterocycles. The number of rotatable bonds is 4. The van der Waals surface area contributed by atoms with Crippen LogP contribution in [0, 0.1) is 5.82 Å². The smallest absolute Gasteiger partial charge is 0.228 e. The molecule has 0 unspecified atom stereocenters. The van der Waals surface area contributed by atoms with E-state index in [1.54, 1.807) is 0 Å². The minimum absolute atomic E-state index is 0.0529. The van der Waals surface area contributed by atoms with Gasteiger partial charge in [-0.25, -0.2) is 4.39 Å². The summed E-state index contributed by atoms with van der Waals surface area (Å²) >= 11 is 0. The zero-order chi connectivity index (χ0) is 12.8. The first-order chi connectivity index (χ1) is 8.02. The van der Waals surface area contributed by atoms with Gasteiger partial charge in [0.25, 0.3) is 0 Å². The maximum atomic E-state index is 12.6. The van der Waals surface area contributed by atoms with E-state index in [1.807, 2.05) is 0 Å². The zero-order valence-corrected chi connectivity index (χ0v) is 9.37. The third-order valence-electron chi connectivity index (χ3n) is 2.10. The lowest BCUT2D eigenvalue weighted by molar-refractivity contribution is -0.122. The van der Waals surface area contributed by atoms with Crippen molar-refractivity contribution in [2.75, 3.05) is 0 Å². The van der Waals surface area contributed by atoms with Crippen LogP contribution in [0.5, 0.6) is 0 Å². The molecule has 0 aromatic heterocycles. The lowest BCUT2D eigenvalue weighted by atomic mass is 10.1. The highest BCUT2D eigenvalue weighted by Crippen LogP contribution is 2.03. The van der Waals surface area contributed by atoms with Crippen LogP contribution in [0.4, 0.5) is 4.39 Å². The SMILES string of the molecule is CC(=O)C(=CN)NC(=O)Cc1ccc(F)cc1. The van der Waals surface area contributed by atoms with Crippen molar-refractivity contribution in [2.45, 2.75) is 13.3 Å². The van der Waals surface area contributed by atoms with Crippen molar-refractivity contribution in [3.8, 4) is 0 Å². The van der Waals surface area contributed by atoms with Crippen molar-refractivity contribution in [2.24, 2.45) is 5.73 Å². The summed E-state index contributed by atoms with van der Waals surface area (Å²) in [6.45, 7) is 1.30. The Bertz CT molecular complexity index is 452. The lowest BCUT2D eigenvalue weighted by Gasteiger charge is -2.06. The summed E-state index contributed by atoms with van der Waals surface area (Å²) in [7, 11) is 0. The molecule has 5 heteroatoms. The molecule has 4 nitrogen and oxygen atoms in total. The molecule has 0 saturated carbocycles. The number of hydrogen-bond donors (Lipinski definition) is 2. The van der Waals surface area contributed by atoms with Crippen molar-refractivity contribution >= 4 is 11.7 Å². The summed E-state index contributed by atoms with van der Waals surface area (Å²) in [6.07, 6.45) is 1.11. The van der Waals surface area contributed by atoms with Gasteiger partial charge in [-0.05, 0) is 17.7 Å². The number of nitrogens with two attached hydrogens (primary N) is 1. The number of halogens is 1. The number of ketones is 1. The normalized spacial score (nSPS) is 11.1. The fraction of sp³-hybridized carbons (Fsp3) is 0.167. The summed E-state index contributed by atoms with van der Waals surface area (Å²) in [4.78, 5) is 22.5. The number of carbonyl (C=O) groups is 2. The highest BCUT2D eigenvalue weighted by Gasteiger charge is 2.08. The summed E-state index contributed by atoms with van der Waals surface area (Å²) in [6, 6.07) is 5.56. The molecule has 17 heavy (non-hydrogen) atoms. The number of allylic oxidation sites excluding steroid dienone is 1. The van der Waals surface area contributed by atoms with Crippen LogP contribution in [0.2, 0.25) is 0 Å². The molecule has 0 aliphatic rings. The van der Waals surface area contributed by atoms with Crippen LogP contribution in [0.15, 0.2) is 36.2 Å². The molecular weight excluding hydrogens is 223 g/mol. The molecule has 90 valence electrons. The second-order valence-corrected chi connectivity index (χ2v) is 3.49. The lowest BCUT2D eigenvalue weighted by Crippen LogP contribution is -2.28. The van der Waals surface area contributed by atoms with Crippen LogP contribution in [0.3, 0.4) is 0 Å². The van der Waals surface area contributed by atoms with Gasteiger partial charge in [0.1, 0.15) is 5.82 Å². The Hall–Kier alpha value is -2.17. The molecule has 0 aliphatic heterocycles. The summed E-state index contributed by atoms with van der Waals surface area (Å²) < 4.78 is 12.6. The van der Waals surface area contributed by atoms with Gasteiger partial charge >= 0.3 is 0 Å². The van der Waals surface area contributed by atoms with Crippen LogP contribution in [0.25, 0.3) is 0 Å². The van der Waals surface area contributed by atoms with Crippen molar-refractivity contribution in [1.29, 1.82) is 0 Å². The van der Waals surface area contributed by atoms with Gasteiger partial charge < -0.3 is 11.1 Å². The first-order valence-corrected chi connectivity index (χ1v) is 5.00. The highest BCUT2D eigenvalue weighted by molar-refractivity contribution is 5.97. The summed E-state index contributed by atoms with van der Waals surface area (Å²) in [5.74, 6) is -1.05. The molecule has 0 radical (unpaired) electrons. The molecule has 0 atom stereocenters. The van der Waals surface area contributed by atoms with Crippen molar-refractivity contribution in [3.63, 3.8) is 0 Å². The third-order valence-corrected chi connectivity index (χ3v) is 2.10. The molecule has 0 bridgehead atoms. The fourth-order valence-corrected chi connectivity index (χ4v) is 1.23. The van der Waals surface area contributed by atoms with Gasteiger partial charge in [0.2, 0.25) is 5.91 Å². The van der Waals surface area contributed by atoms with Crippen LogP contribution in [0.1, 0.15) is 12.5 Å². The first kappa shape index (κ1) is 12.9. The number of hydrogen-bond acceptors (Lipinski definition) is 3. The maximum absolute atomic E-state index is 12.6. The number of Topliss-reactive ketones (excluding diaryl/α,β-unsaturated/α-hetero) is 1. The van der Waals surface area contributed by atoms with Gasteiger partial charge in [-0.15, -0.1) is 0 Å². The average molecular weight is 236 g/mol. The van der Waals surface area contributed by atoms with E-state index in [0.29, 0.717) is 5.56 Å². The standard InChI is InChI=1S/C12H13FN2O2/c1-8(16)11(7-14)15-12(17)6-9-2-4-10(13)5-3-9/h2-5,7H,6,14H2,1H3,(H,15,17). The highest BCUT2D eigenvalue weighted by atomic mass is 19.1. The molecular formula is C12H13FN2O2. The predicted octanol–water partition coefficient (Wildman–Crippen LogP) is 0.873. The van der Waals surface area contributed by atoms with Gasteiger partial charge in [0.05, 0.1) is 12.1 Å². The van der Waals surface area contributed by atoms with E-state index in [1.165, 1.54) is 31.2 Å². The molecule has 1 rings (SSSR count). The summed E-state index contributed by atoms with van der Waals surface area (Å²) in [5.41, 5.74) is 5.90. The van der Waals surface area contributed by atoms with Gasteiger partial charge in [0, 0.05) is 13.1 Å². The minimum Gasteiger partial charge on any atom is -0.403 e. The van der Waals surface area contributed by atoms with E-state index in [2.05, 4.69) is 5.32 Å². The van der Waals surface area contributed by atoms with Crippen molar-refractivity contribution in [3.05, 3.63) is 47.5 Å². The molecule has 0 aliphatic carbocycles. The molecule has 1 amide bonds. The maximum Gasteiger partial charge on any atom is 0.228 e. The quantitative estimate of drug-likeness (QED) is 0.762. The van der Waals surface area contributed by atoms with Crippen LogP contribution >= 0.6 is 0 Å². The van der Waals surface area contributed by atoms with Crippen LogP contribution in [-0.4, -0.2) is 11.7 Å². The second-order valence-electron chi connectivity index (χ2n) is 3.49. The summed E-state index contributed by atoms with van der Waals surface area (Å²) in [5, 5.41) is 2.38. The van der Waals surface area contributed by atoms with E-state index in [9.17, 15) is 14.0 Å². The van der Waals surface area contributed by atoms with Gasteiger partial charge in [0.15, 0.2) is 5.78 Å². The van der Waals surface area contributed by atoms with Gasteiger partial charge in [-0.3, -0.25) is 9.59 Å². The Labute approximate surface area is 98.3 Å². The van der Waals surface area contributed by atoms with Crippen LogP contribution in [-0.2, 0) is 16.0 Å². The minimum atomic E-state index is -0.372. The first-order valence-electron chi connectivity index (χ1n) is 5.00. The molecule has 0 spiro atoms. The molecule has 0 fully saturated rings. The Morgan fingerprint density at radius 1 is 1.35 bits per heavy atom.